The average molecular weight is 275 g/mol. The van der Waals surface area contributed by atoms with E-state index in [0.29, 0.717) is 12.1 Å². The number of likely N-dealkylation sites (tertiary alicyclic amines) is 1. The Morgan fingerprint density at radius 3 is 2.95 bits per heavy atom. The number of nitrogens with one attached hydrogen (secondary N) is 1. The first kappa shape index (κ1) is 14.8. The second kappa shape index (κ2) is 6.73. The van der Waals surface area contributed by atoms with E-state index in [9.17, 15) is 4.79 Å². The smallest absolute Gasteiger partial charge is 0.256 e. The minimum atomic E-state index is 0.142. The topological polar surface area (TPSA) is 45.2 Å². The van der Waals surface area contributed by atoms with E-state index < -0.39 is 0 Å². The molecule has 0 saturated carbocycles. The summed E-state index contributed by atoms with van der Waals surface area (Å²) in [6.07, 6.45) is 7.73. The molecule has 0 bridgehead atoms. The first-order valence-corrected chi connectivity index (χ1v) is 7.69. The third-order valence-electron chi connectivity index (χ3n) is 4.11. The minimum absolute atomic E-state index is 0.142. The predicted octanol–water partition coefficient (Wildman–Crippen LogP) is 3.31. The van der Waals surface area contributed by atoms with Crippen LogP contribution in [-0.2, 0) is 0 Å². The van der Waals surface area contributed by atoms with Gasteiger partial charge in [-0.2, -0.15) is 0 Å². The van der Waals surface area contributed by atoms with Crippen LogP contribution in [0.15, 0.2) is 18.5 Å². The Morgan fingerprint density at radius 2 is 2.25 bits per heavy atom. The van der Waals surface area contributed by atoms with E-state index in [1.807, 2.05) is 6.07 Å². The zero-order chi connectivity index (χ0) is 14.5. The van der Waals surface area contributed by atoms with Crippen molar-refractivity contribution in [3.05, 3.63) is 24.0 Å². The van der Waals surface area contributed by atoms with Gasteiger partial charge in [0.25, 0.3) is 5.91 Å². The van der Waals surface area contributed by atoms with E-state index in [-0.39, 0.29) is 5.91 Å². The maximum Gasteiger partial charge on any atom is 0.256 e. The van der Waals surface area contributed by atoms with Gasteiger partial charge in [0.1, 0.15) is 0 Å². The van der Waals surface area contributed by atoms with Crippen LogP contribution in [0.4, 0.5) is 5.69 Å². The quantitative estimate of drug-likeness (QED) is 0.896. The maximum absolute atomic E-state index is 12.9. The number of rotatable bonds is 5. The lowest BCUT2D eigenvalue weighted by Crippen LogP contribution is -2.40. The van der Waals surface area contributed by atoms with Gasteiger partial charge in [0, 0.05) is 24.8 Å². The second-order valence-electron chi connectivity index (χ2n) is 5.55. The van der Waals surface area contributed by atoms with Crippen LogP contribution in [0.2, 0.25) is 0 Å². The zero-order valence-electron chi connectivity index (χ0n) is 12.7. The summed E-state index contributed by atoms with van der Waals surface area (Å²) in [5.41, 5.74) is 1.61. The van der Waals surface area contributed by atoms with Gasteiger partial charge >= 0.3 is 0 Å². The number of carbonyl (C=O) groups excluding carboxylic acids is 1. The number of hydrogen-bond donors (Lipinski definition) is 1. The van der Waals surface area contributed by atoms with E-state index in [1.54, 1.807) is 12.4 Å². The van der Waals surface area contributed by atoms with Crippen LogP contribution < -0.4 is 5.32 Å². The number of pyridine rings is 1. The van der Waals surface area contributed by atoms with Crippen molar-refractivity contribution in [1.29, 1.82) is 0 Å². The first-order valence-electron chi connectivity index (χ1n) is 7.69. The minimum Gasteiger partial charge on any atom is -0.383 e. The molecule has 2 unspecified atom stereocenters. The lowest BCUT2D eigenvalue weighted by molar-refractivity contribution is 0.0677. The van der Waals surface area contributed by atoms with E-state index >= 15 is 0 Å². The Morgan fingerprint density at radius 1 is 1.45 bits per heavy atom. The van der Waals surface area contributed by atoms with Crippen molar-refractivity contribution in [2.75, 3.05) is 11.9 Å². The molecule has 20 heavy (non-hydrogen) atoms. The maximum atomic E-state index is 12.9. The van der Waals surface area contributed by atoms with Crippen LogP contribution in [0.25, 0.3) is 0 Å². The van der Waals surface area contributed by atoms with Crippen molar-refractivity contribution in [1.82, 2.24) is 9.88 Å². The van der Waals surface area contributed by atoms with Crippen molar-refractivity contribution in [2.24, 2.45) is 0 Å². The highest BCUT2D eigenvalue weighted by atomic mass is 16.2. The van der Waals surface area contributed by atoms with Crippen LogP contribution in [0.3, 0.4) is 0 Å². The molecule has 0 aliphatic carbocycles. The number of carbonyl (C=O) groups is 1. The molecule has 4 heteroatoms. The normalized spacial score (nSPS) is 22.1. The Labute approximate surface area is 121 Å². The predicted molar refractivity (Wildman–Crippen MR) is 82.0 cm³/mol. The van der Waals surface area contributed by atoms with Gasteiger partial charge in [-0.3, -0.25) is 9.78 Å². The molecule has 0 radical (unpaired) electrons. The van der Waals surface area contributed by atoms with Gasteiger partial charge in [0.2, 0.25) is 0 Å². The fourth-order valence-electron chi connectivity index (χ4n) is 2.96. The summed E-state index contributed by atoms with van der Waals surface area (Å²) >= 11 is 0. The van der Waals surface area contributed by atoms with Crippen LogP contribution in [-0.4, -0.2) is 34.4 Å². The van der Waals surface area contributed by atoms with Crippen molar-refractivity contribution < 1.29 is 4.79 Å². The summed E-state index contributed by atoms with van der Waals surface area (Å²) in [5.74, 6) is 0.142. The van der Waals surface area contributed by atoms with Crippen molar-refractivity contribution >= 4 is 11.6 Å². The lowest BCUT2D eigenvalue weighted by atomic mass is 10.1. The number of hydrogen-bond acceptors (Lipinski definition) is 3. The van der Waals surface area contributed by atoms with E-state index in [1.165, 1.54) is 0 Å². The Hall–Kier alpha value is -1.58. The second-order valence-corrected chi connectivity index (χ2v) is 5.55. The lowest BCUT2D eigenvalue weighted by Gasteiger charge is -2.28. The largest absolute Gasteiger partial charge is 0.383 e. The van der Waals surface area contributed by atoms with Gasteiger partial charge in [0.15, 0.2) is 0 Å². The number of aromatic nitrogens is 1. The molecule has 0 spiro atoms. The zero-order valence-corrected chi connectivity index (χ0v) is 12.7. The van der Waals surface area contributed by atoms with Gasteiger partial charge in [0.05, 0.1) is 17.4 Å². The van der Waals surface area contributed by atoms with Crippen molar-refractivity contribution in [2.45, 2.75) is 58.5 Å². The van der Waals surface area contributed by atoms with Crippen LogP contribution in [0.5, 0.6) is 0 Å². The van der Waals surface area contributed by atoms with Crippen LogP contribution in [0.1, 0.15) is 56.8 Å². The van der Waals surface area contributed by atoms with E-state index in [0.717, 1.165) is 43.5 Å². The monoisotopic (exact) mass is 275 g/mol. The highest BCUT2D eigenvalue weighted by Crippen LogP contribution is 2.29. The molecule has 0 aromatic carbocycles. The summed E-state index contributed by atoms with van der Waals surface area (Å²) in [6.45, 7) is 7.28. The summed E-state index contributed by atoms with van der Waals surface area (Å²) < 4.78 is 0. The Kier molecular flexibility index (Phi) is 4.99. The Bertz CT molecular complexity index is 461. The molecule has 2 atom stereocenters. The third-order valence-corrected chi connectivity index (χ3v) is 4.11. The molecule has 2 rings (SSSR count). The fraction of sp³-hybridized carbons (Fsp3) is 0.625. The molecule has 1 amide bonds. The van der Waals surface area contributed by atoms with Gasteiger partial charge in [-0.1, -0.05) is 13.8 Å². The van der Waals surface area contributed by atoms with Gasteiger partial charge < -0.3 is 10.2 Å². The SMILES string of the molecule is CCCNc1cnccc1C(=O)N1C(C)CCC1CC. The van der Waals surface area contributed by atoms with Gasteiger partial charge in [-0.25, -0.2) is 0 Å². The van der Waals surface area contributed by atoms with Crippen molar-refractivity contribution in [3.8, 4) is 0 Å². The number of anilines is 1. The molecule has 1 N–H and O–H groups in total. The molecule has 1 fully saturated rings. The molecule has 2 heterocycles. The summed E-state index contributed by atoms with van der Waals surface area (Å²) in [7, 11) is 0. The van der Waals surface area contributed by atoms with Crippen molar-refractivity contribution in [3.63, 3.8) is 0 Å². The molecule has 1 aliphatic rings. The van der Waals surface area contributed by atoms with Gasteiger partial charge in [-0.05, 0) is 38.7 Å². The molecule has 1 aromatic heterocycles. The standard InChI is InChI=1S/C16H25N3O/c1-4-9-18-15-11-17-10-8-14(15)16(20)19-12(3)6-7-13(19)5-2/h8,10-13,18H,4-7,9H2,1-3H3. The molecule has 4 nitrogen and oxygen atoms in total. The first-order chi connectivity index (χ1) is 9.69. The number of nitrogens with zero attached hydrogens (tertiary/aromatic N) is 2. The van der Waals surface area contributed by atoms with E-state index in [2.05, 4.69) is 36.0 Å². The molecule has 1 saturated heterocycles. The summed E-state index contributed by atoms with van der Waals surface area (Å²) in [4.78, 5) is 19.1. The summed E-state index contributed by atoms with van der Waals surface area (Å²) in [6, 6.07) is 2.54. The molecule has 110 valence electrons. The van der Waals surface area contributed by atoms with Gasteiger partial charge in [-0.15, -0.1) is 0 Å². The van der Waals surface area contributed by atoms with Crippen LogP contribution >= 0.6 is 0 Å². The number of amides is 1. The highest BCUT2D eigenvalue weighted by molar-refractivity contribution is 5.99. The average Bonchev–Trinajstić information content (AvgIpc) is 2.85. The van der Waals surface area contributed by atoms with E-state index in [4.69, 9.17) is 0 Å². The fourth-order valence-corrected chi connectivity index (χ4v) is 2.96. The molecular formula is C16H25N3O. The molecular weight excluding hydrogens is 250 g/mol. The van der Waals surface area contributed by atoms with Crippen LogP contribution in [0, 0.1) is 0 Å². The molecule has 1 aliphatic heterocycles. The summed E-state index contributed by atoms with van der Waals surface area (Å²) in [5, 5.41) is 3.30. The highest BCUT2D eigenvalue weighted by Gasteiger charge is 2.34. The molecule has 1 aromatic rings. The third kappa shape index (κ3) is 2.94. The Balaban J connectivity index is 2.24.